The summed E-state index contributed by atoms with van der Waals surface area (Å²) < 4.78 is 5.01. The van der Waals surface area contributed by atoms with Crippen LogP contribution in [0.5, 0.6) is 5.75 Å². The molecule has 0 fully saturated rings. The first kappa shape index (κ1) is 14.3. The second-order valence-corrected chi connectivity index (χ2v) is 4.07. The van der Waals surface area contributed by atoms with Crippen LogP contribution < -0.4 is 10.1 Å². The standard InChI is InChI=1S/C13H11N3O5/c1-21-11-5-2-9(3-6-11)14-12-7-4-10(15(17)18)8-13(12)16(19)20/h2-8,14H,1H3. The summed E-state index contributed by atoms with van der Waals surface area (Å²) >= 11 is 0. The Hall–Kier alpha value is -3.16. The molecule has 0 aromatic heterocycles. The molecule has 0 aliphatic rings. The number of nitro groups is 2. The molecule has 0 aliphatic carbocycles. The first-order valence-corrected chi connectivity index (χ1v) is 5.85. The number of hydrogen-bond acceptors (Lipinski definition) is 6. The number of nitro benzene ring substituents is 2. The highest BCUT2D eigenvalue weighted by atomic mass is 16.6. The molecule has 0 bridgehead atoms. The number of anilines is 2. The van der Waals surface area contributed by atoms with Crippen molar-refractivity contribution in [1.82, 2.24) is 0 Å². The van der Waals surface area contributed by atoms with E-state index in [1.807, 2.05) is 0 Å². The average molecular weight is 289 g/mol. The predicted octanol–water partition coefficient (Wildman–Crippen LogP) is 3.26. The Balaban J connectivity index is 2.34. The van der Waals surface area contributed by atoms with Gasteiger partial charge in [-0.25, -0.2) is 0 Å². The van der Waals surface area contributed by atoms with E-state index in [2.05, 4.69) is 5.32 Å². The van der Waals surface area contributed by atoms with Crippen molar-refractivity contribution in [2.75, 3.05) is 12.4 Å². The van der Waals surface area contributed by atoms with Gasteiger partial charge in [0.2, 0.25) is 0 Å². The van der Waals surface area contributed by atoms with Gasteiger partial charge in [0.15, 0.2) is 0 Å². The third kappa shape index (κ3) is 3.24. The number of hydrogen-bond donors (Lipinski definition) is 1. The average Bonchev–Trinajstić information content (AvgIpc) is 2.48. The molecule has 0 heterocycles. The lowest BCUT2D eigenvalue weighted by Crippen LogP contribution is -1.98. The van der Waals surface area contributed by atoms with Crippen molar-refractivity contribution >= 4 is 22.7 Å². The maximum absolute atomic E-state index is 11.0. The van der Waals surface area contributed by atoms with E-state index in [0.29, 0.717) is 11.4 Å². The van der Waals surface area contributed by atoms with Crippen LogP contribution >= 0.6 is 0 Å². The van der Waals surface area contributed by atoms with Gasteiger partial charge in [0.1, 0.15) is 11.4 Å². The molecule has 0 saturated carbocycles. The molecule has 0 radical (unpaired) electrons. The number of nitrogens with one attached hydrogen (secondary N) is 1. The molecule has 0 atom stereocenters. The van der Waals surface area contributed by atoms with E-state index in [9.17, 15) is 20.2 Å². The largest absolute Gasteiger partial charge is 0.497 e. The molecule has 1 N–H and O–H groups in total. The second-order valence-electron chi connectivity index (χ2n) is 4.07. The topological polar surface area (TPSA) is 108 Å². The van der Waals surface area contributed by atoms with Gasteiger partial charge in [0.25, 0.3) is 11.4 Å². The number of non-ortho nitro benzene ring substituents is 1. The van der Waals surface area contributed by atoms with E-state index in [1.54, 1.807) is 24.3 Å². The van der Waals surface area contributed by atoms with Gasteiger partial charge in [-0.15, -0.1) is 0 Å². The molecular weight excluding hydrogens is 278 g/mol. The van der Waals surface area contributed by atoms with Crippen LogP contribution in [0.25, 0.3) is 0 Å². The van der Waals surface area contributed by atoms with Gasteiger partial charge in [0.05, 0.1) is 23.0 Å². The van der Waals surface area contributed by atoms with Gasteiger partial charge in [0, 0.05) is 11.8 Å². The molecule has 0 unspecified atom stereocenters. The SMILES string of the molecule is COc1ccc(Nc2ccc([N+](=O)[O-])cc2[N+](=O)[O-])cc1. The van der Waals surface area contributed by atoms with Crippen molar-refractivity contribution in [3.63, 3.8) is 0 Å². The predicted molar refractivity (Wildman–Crippen MR) is 76.0 cm³/mol. The Morgan fingerprint density at radius 1 is 1.00 bits per heavy atom. The van der Waals surface area contributed by atoms with Gasteiger partial charge >= 0.3 is 0 Å². The molecule has 108 valence electrons. The van der Waals surface area contributed by atoms with Crippen molar-refractivity contribution in [2.24, 2.45) is 0 Å². The van der Waals surface area contributed by atoms with Crippen LogP contribution in [-0.4, -0.2) is 17.0 Å². The van der Waals surface area contributed by atoms with E-state index in [-0.39, 0.29) is 17.1 Å². The molecule has 21 heavy (non-hydrogen) atoms. The van der Waals surface area contributed by atoms with Gasteiger partial charge in [-0.3, -0.25) is 20.2 Å². The van der Waals surface area contributed by atoms with Gasteiger partial charge < -0.3 is 10.1 Å². The van der Waals surface area contributed by atoms with Gasteiger partial charge in [-0.05, 0) is 30.3 Å². The number of benzene rings is 2. The van der Waals surface area contributed by atoms with Crippen LogP contribution in [0.1, 0.15) is 0 Å². The summed E-state index contributed by atoms with van der Waals surface area (Å²) in [6, 6.07) is 10.2. The molecule has 0 spiro atoms. The highest BCUT2D eigenvalue weighted by Crippen LogP contribution is 2.31. The fourth-order valence-electron chi connectivity index (χ4n) is 1.72. The summed E-state index contributed by atoms with van der Waals surface area (Å²) in [4.78, 5) is 20.3. The van der Waals surface area contributed by atoms with Crippen molar-refractivity contribution in [3.05, 3.63) is 62.7 Å². The smallest absolute Gasteiger partial charge is 0.299 e. The summed E-state index contributed by atoms with van der Waals surface area (Å²) in [6.07, 6.45) is 0. The number of methoxy groups -OCH3 is 1. The maximum Gasteiger partial charge on any atom is 0.299 e. The number of ether oxygens (including phenoxy) is 1. The zero-order valence-electron chi connectivity index (χ0n) is 11.0. The minimum absolute atomic E-state index is 0.177. The first-order valence-electron chi connectivity index (χ1n) is 5.85. The highest BCUT2D eigenvalue weighted by Gasteiger charge is 2.19. The van der Waals surface area contributed by atoms with Crippen LogP contribution in [0.4, 0.5) is 22.7 Å². The van der Waals surface area contributed by atoms with Crippen LogP contribution in [0.15, 0.2) is 42.5 Å². The lowest BCUT2D eigenvalue weighted by molar-refractivity contribution is -0.393. The molecule has 2 aromatic carbocycles. The minimum Gasteiger partial charge on any atom is -0.497 e. The van der Waals surface area contributed by atoms with E-state index >= 15 is 0 Å². The third-order valence-corrected chi connectivity index (χ3v) is 2.76. The summed E-state index contributed by atoms with van der Waals surface area (Å²) in [5, 5.41) is 24.5. The number of nitrogens with zero attached hydrogens (tertiary/aromatic N) is 2. The lowest BCUT2D eigenvalue weighted by Gasteiger charge is -2.07. The molecule has 8 nitrogen and oxygen atoms in total. The molecule has 0 saturated heterocycles. The molecule has 8 heteroatoms. The lowest BCUT2D eigenvalue weighted by atomic mass is 10.2. The summed E-state index contributed by atoms with van der Waals surface area (Å²) in [7, 11) is 1.53. The normalized spacial score (nSPS) is 9.95. The molecule has 0 aliphatic heterocycles. The van der Waals surface area contributed by atoms with Crippen molar-refractivity contribution in [1.29, 1.82) is 0 Å². The zero-order chi connectivity index (χ0) is 15.4. The first-order chi connectivity index (χ1) is 10.0. The third-order valence-electron chi connectivity index (χ3n) is 2.76. The summed E-state index contributed by atoms with van der Waals surface area (Å²) in [5.41, 5.74) is 0.0884. The zero-order valence-corrected chi connectivity index (χ0v) is 11.0. The quantitative estimate of drug-likeness (QED) is 0.668. The second kappa shape index (κ2) is 5.87. The Morgan fingerprint density at radius 2 is 1.67 bits per heavy atom. The maximum atomic E-state index is 11.0. The van der Waals surface area contributed by atoms with E-state index < -0.39 is 9.85 Å². The summed E-state index contributed by atoms with van der Waals surface area (Å²) in [5.74, 6) is 0.652. The Bertz CT molecular complexity index is 685. The Morgan fingerprint density at radius 3 is 2.19 bits per heavy atom. The summed E-state index contributed by atoms with van der Waals surface area (Å²) in [6.45, 7) is 0. The molecular formula is C13H11N3O5. The van der Waals surface area contributed by atoms with Crippen molar-refractivity contribution in [2.45, 2.75) is 0 Å². The van der Waals surface area contributed by atoms with Gasteiger partial charge in [-0.2, -0.15) is 0 Å². The van der Waals surface area contributed by atoms with E-state index in [1.165, 1.54) is 19.2 Å². The van der Waals surface area contributed by atoms with Crippen LogP contribution in [-0.2, 0) is 0 Å². The molecule has 2 rings (SSSR count). The van der Waals surface area contributed by atoms with Gasteiger partial charge in [-0.1, -0.05) is 0 Å². The van der Waals surface area contributed by atoms with E-state index in [4.69, 9.17) is 4.74 Å². The fraction of sp³-hybridized carbons (Fsp3) is 0.0769. The monoisotopic (exact) mass is 289 g/mol. The van der Waals surface area contributed by atoms with Crippen LogP contribution in [0, 0.1) is 20.2 Å². The fourth-order valence-corrected chi connectivity index (χ4v) is 1.72. The van der Waals surface area contributed by atoms with Crippen molar-refractivity contribution in [3.8, 4) is 5.75 Å². The minimum atomic E-state index is -0.676. The number of rotatable bonds is 5. The van der Waals surface area contributed by atoms with Crippen LogP contribution in [0.3, 0.4) is 0 Å². The van der Waals surface area contributed by atoms with Crippen molar-refractivity contribution < 1.29 is 14.6 Å². The van der Waals surface area contributed by atoms with Crippen LogP contribution in [0.2, 0.25) is 0 Å². The Labute approximate surface area is 119 Å². The Kier molecular flexibility index (Phi) is 3.98. The van der Waals surface area contributed by atoms with E-state index in [0.717, 1.165) is 6.07 Å². The molecule has 0 amide bonds. The highest BCUT2D eigenvalue weighted by molar-refractivity contribution is 5.71. The molecule has 2 aromatic rings.